The molecule has 80 valence electrons. The Morgan fingerprint density at radius 1 is 1.64 bits per heavy atom. The third-order valence-electron chi connectivity index (χ3n) is 1.72. The standard InChI is InChI=1S/C9H13NO2S.ClH/c1-3-4-10-7-6(2)5-13-8(7)9(11)12;/h5,10H,3-4H2,1-2H3,(H,11,12);1H. The Balaban J connectivity index is 0.00000169. The van der Waals surface area contributed by atoms with Crippen molar-refractivity contribution in [3.05, 3.63) is 15.8 Å². The van der Waals surface area contributed by atoms with Gasteiger partial charge in [-0.25, -0.2) is 4.79 Å². The molecule has 0 aliphatic heterocycles. The number of halogens is 1. The van der Waals surface area contributed by atoms with Gasteiger partial charge < -0.3 is 10.4 Å². The van der Waals surface area contributed by atoms with Crippen LogP contribution in [0.25, 0.3) is 0 Å². The molecule has 1 rings (SSSR count). The highest BCUT2D eigenvalue weighted by Gasteiger charge is 2.13. The zero-order valence-electron chi connectivity index (χ0n) is 8.16. The van der Waals surface area contributed by atoms with Crippen molar-refractivity contribution in [3.8, 4) is 0 Å². The Kier molecular flexibility index (Phi) is 5.57. The van der Waals surface area contributed by atoms with Crippen LogP contribution in [0.2, 0.25) is 0 Å². The van der Waals surface area contributed by atoms with Crippen LogP contribution in [0.15, 0.2) is 5.38 Å². The summed E-state index contributed by atoms with van der Waals surface area (Å²) in [7, 11) is 0. The minimum Gasteiger partial charge on any atom is -0.477 e. The molecule has 0 aliphatic carbocycles. The average molecular weight is 236 g/mol. The molecule has 0 bridgehead atoms. The van der Waals surface area contributed by atoms with Crippen LogP contribution in [0.3, 0.4) is 0 Å². The summed E-state index contributed by atoms with van der Waals surface area (Å²) in [6, 6.07) is 0. The molecule has 0 aromatic carbocycles. The predicted octanol–water partition coefficient (Wildman–Crippen LogP) is 3.00. The van der Waals surface area contributed by atoms with Gasteiger partial charge in [0, 0.05) is 6.54 Å². The quantitative estimate of drug-likeness (QED) is 0.844. The number of nitrogens with one attached hydrogen (secondary N) is 1. The minimum absolute atomic E-state index is 0. The Morgan fingerprint density at radius 3 is 2.79 bits per heavy atom. The molecule has 0 spiro atoms. The second kappa shape index (κ2) is 5.88. The van der Waals surface area contributed by atoms with Gasteiger partial charge >= 0.3 is 5.97 Å². The van der Waals surface area contributed by atoms with Crippen LogP contribution in [0, 0.1) is 6.92 Å². The molecule has 14 heavy (non-hydrogen) atoms. The molecule has 0 fully saturated rings. The summed E-state index contributed by atoms with van der Waals surface area (Å²) in [4.78, 5) is 11.2. The van der Waals surface area contributed by atoms with Crippen LogP contribution >= 0.6 is 23.7 Å². The Labute approximate surface area is 93.6 Å². The van der Waals surface area contributed by atoms with Gasteiger partial charge in [-0.1, -0.05) is 6.92 Å². The highest BCUT2D eigenvalue weighted by molar-refractivity contribution is 7.12. The monoisotopic (exact) mass is 235 g/mol. The van der Waals surface area contributed by atoms with Gasteiger partial charge in [0.1, 0.15) is 4.88 Å². The van der Waals surface area contributed by atoms with Crippen LogP contribution in [-0.4, -0.2) is 17.6 Å². The molecule has 0 unspecified atom stereocenters. The number of thiophene rings is 1. The maximum absolute atomic E-state index is 10.8. The van der Waals surface area contributed by atoms with Crippen LogP contribution in [0.5, 0.6) is 0 Å². The van der Waals surface area contributed by atoms with E-state index in [1.54, 1.807) is 0 Å². The van der Waals surface area contributed by atoms with E-state index in [9.17, 15) is 4.79 Å². The van der Waals surface area contributed by atoms with Gasteiger partial charge in [0.05, 0.1) is 5.69 Å². The van der Waals surface area contributed by atoms with Crippen molar-refractivity contribution in [2.75, 3.05) is 11.9 Å². The summed E-state index contributed by atoms with van der Waals surface area (Å²) in [6.45, 7) is 4.79. The number of hydrogen-bond acceptors (Lipinski definition) is 3. The van der Waals surface area contributed by atoms with Crippen molar-refractivity contribution in [1.82, 2.24) is 0 Å². The van der Waals surface area contributed by atoms with E-state index < -0.39 is 5.97 Å². The largest absolute Gasteiger partial charge is 0.477 e. The Hall–Kier alpha value is -0.740. The van der Waals surface area contributed by atoms with E-state index in [1.807, 2.05) is 12.3 Å². The number of carbonyl (C=O) groups is 1. The summed E-state index contributed by atoms with van der Waals surface area (Å²) in [5.41, 5.74) is 1.79. The number of aromatic carboxylic acids is 1. The first kappa shape index (κ1) is 13.3. The molecule has 0 atom stereocenters. The summed E-state index contributed by atoms with van der Waals surface area (Å²) >= 11 is 1.27. The zero-order chi connectivity index (χ0) is 9.84. The normalized spacial score (nSPS) is 9.29. The van der Waals surface area contributed by atoms with E-state index in [-0.39, 0.29) is 12.4 Å². The predicted molar refractivity (Wildman–Crippen MR) is 62.0 cm³/mol. The maximum Gasteiger partial charge on any atom is 0.348 e. The molecule has 1 heterocycles. The van der Waals surface area contributed by atoms with Gasteiger partial charge in [0.25, 0.3) is 0 Å². The van der Waals surface area contributed by atoms with Gasteiger partial charge in [-0.3, -0.25) is 0 Å². The molecule has 3 nitrogen and oxygen atoms in total. The second-order valence-corrected chi connectivity index (χ2v) is 3.73. The third-order valence-corrected chi connectivity index (χ3v) is 2.81. The molecule has 5 heteroatoms. The first-order chi connectivity index (χ1) is 6.16. The molecule has 0 saturated heterocycles. The fourth-order valence-electron chi connectivity index (χ4n) is 1.07. The Bertz CT molecular complexity index is 312. The maximum atomic E-state index is 10.8. The average Bonchev–Trinajstić information content (AvgIpc) is 2.43. The van der Waals surface area contributed by atoms with E-state index in [0.717, 1.165) is 24.2 Å². The molecular weight excluding hydrogens is 222 g/mol. The van der Waals surface area contributed by atoms with Crippen molar-refractivity contribution in [1.29, 1.82) is 0 Å². The molecule has 0 aliphatic rings. The molecule has 0 amide bonds. The number of rotatable bonds is 4. The minimum atomic E-state index is -0.850. The fourth-order valence-corrected chi connectivity index (χ4v) is 1.94. The lowest BCUT2D eigenvalue weighted by Crippen LogP contribution is -2.04. The number of anilines is 1. The van der Waals surface area contributed by atoms with Crippen LogP contribution in [0.1, 0.15) is 28.6 Å². The van der Waals surface area contributed by atoms with E-state index in [0.29, 0.717) is 4.88 Å². The van der Waals surface area contributed by atoms with E-state index in [1.165, 1.54) is 11.3 Å². The topological polar surface area (TPSA) is 49.3 Å². The first-order valence-corrected chi connectivity index (χ1v) is 5.10. The lowest BCUT2D eigenvalue weighted by Gasteiger charge is -2.04. The lowest BCUT2D eigenvalue weighted by atomic mass is 10.2. The van der Waals surface area contributed by atoms with Crippen molar-refractivity contribution in [2.24, 2.45) is 0 Å². The molecular formula is C9H14ClNO2S. The molecule has 2 N–H and O–H groups in total. The van der Waals surface area contributed by atoms with Crippen molar-refractivity contribution in [3.63, 3.8) is 0 Å². The van der Waals surface area contributed by atoms with E-state index >= 15 is 0 Å². The van der Waals surface area contributed by atoms with E-state index in [2.05, 4.69) is 12.2 Å². The Morgan fingerprint density at radius 2 is 2.29 bits per heavy atom. The third kappa shape index (κ3) is 2.89. The molecule has 1 aromatic rings. The summed E-state index contributed by atoms with van der Waals surface area (Å²) in [6.07, 6.45) is 0.994. The summed E-state index contributed by atoms with van der Waals surface area (Å²) < 4.78 is 0. The van der Waals surface area contributed by atoms with Crippen molar-refractivity contribution >= 4 is 35.4 Å². The van der Waals surface area contributed by atoms with Crippen LogP contribution in [0.4, 0.5) is 5.69 Å². The van der Waals surface area contributed by atoms with Crippen molar-refractivity contribution < 1.29 is 9.90 Å². The highest BCUT2D eigenvalue weighted by Crippen LogP contribution is 2.27. The number of aryl methyl sites for hydroxylation is 1. The smallest absolute Gasteiger partial charge is 0.348 e. The summed E-state index contributed by atoms with van der Waals surface area (Å²) in [5, 5.41) is 13.8. The van der Waals surface area contributed by atoms with Gasteiger partial charge in [-0.05, 0) is 24.3 Å². The van der Waals surface area contributed by atoms with Crippen LogP contribution < -0.4 is 5.32 Å². The molecule has 0 saturated carbocycles. The molecule has 0 radical (unpaired) electrons. The molecule has 1 aromatic heterocycles. The number of carboxylic acid groups (broad SMARTS) is 1. The van der Waals surface area contributed by atoms with E-state index in [4.69, 9.17) is 5.11 Å². The van der Waals surface area contributed by atoms with Gasteiger partial charge in [-0.2, -0.15) is 0 Å². The summed E-state index contributed by atoms with van der Waals surface area (Å²) in [5.74, 6) is -0.850. The van der Waals surface area contributed by atoms with Crippen molar-refractivity contribution in [2.45, 2.75) is 20.3 Å². The van der Waals surface area contributed by atoms with Crippen LogP contribution in [-0.2, 0) is 0 Å². The van der Waals surface area contributed by atoms with Gasteiger partial charge in [0.2, 0.25) is 0 Å². The highest BCUT2D eigenvalue weighted by atomic mass is 35.5. The zero-order valence-corrected chi connectivity index (χ0v) is 9.80. The van der Waals surface area contributed by atoms with Gasteiger partial charge in [0.15, 0.2) is 0 Å². The number of carboxylic acids is 1. The van der Waals surface area contributed by atoms with Gasteiger partial charge in [-0.15, -0.1) is 23.7 Å². The lowest BCUT2D eigenvalue weighted by molar-refractivity contribution is 0.0703. The fraction of sp³-hybridized carbons (Fsp3) is 0.444. The first-order valence-electron chi connectivity index (χ1n) is 4.22. The second-order valence-electron chi connectivity index (χ2n) is 2.85. The SMILES string of the molecule is CCCNc1c(C)csc1C(=O)O.Cl. The number of hydrogen-bond donors (Lipinski definition) is 2.